The van der Waals surface area contributed by atoms with Crippen molar-refractivity contribution in [3.05, 3.63) is 100 Å². The number of carbonyl (C=O) groups is 1. The molecule has 4 aromatic rings. The molecule has 0 aliphatic carbocycles. The van der Waals surface area contributed by atoms with Gasteiger partial charge in [0.25, 0.3) is 0 Å². The zero-order valence-electron chi connectivity index (χ0n) is 19.0. The predicted octanol–water partition coefficient (Wildman–Crippen LogP) is 6.42. The number of fused-ring (bicyclic) bond motifs is 1. The van der Waals surface area contributed by atoms with Crippen molar-refractivity contribution in [3.8, 4) is 17.2 Å². The van der Waals surface area contributed by atoms with Crippen molar-refractivity contribution >= 4 is 16.9 Å². The number of esters is 1. The highest BCUT2D eigenvalue weighted by molar-refractivity contribution is 5.80. The number of benzene rings is 3. The number of aryl methyl sites for hydroxylation is 1. The topological polar surface area (TPSA) is 65.7 Å². The second-order valence-corrected chi connectivity index (χ2v) is 8.92. The molecule has 1 heterocycles. The summed E-state index contributed by atoms with van der Waals surface area (Å²) >= 11 is 0. The van der Waals surface area contributed by atoms with Crippen molar-refractivity contribution in [2.75, 3.05) is 0 Å². The Morgan fingerprint density at radius 3 is 2.30 bits per heavy atom. The highest BCUT2D eigenvalue weighted by atomic mass is 16.5. The highest BCUT2D eigenvalue weighted by Gasteiger charge is 2.15. The van der Waals surface area contributed by atoms with E-state index in [1.807, 2.05) is 54.6 Å². The van der Waals surface area contributed by atoms with E-state index in [4.69, 9.17) is 13.9 Å². The van der Waals surface area contributed by atoms with Crippen molar-refractivity contribution in [3.63, 3.8) is 0 Å². The van der Waals surface area contributed by atoms with Gasteiger partial charge in [-0.15, -0.1) is 0 Å². The fourth-order valence-electron chi connectivity index (χ4n) is 3.45. The molecule has 1 aromatic heterocycles. The van der Waals surface area contributed by atoms with Gasteiger partial charge in [0.15, 0.2) is 0 Å². The fourth-order valence-corrected chi connectivity index (χ4v) is 3.45. The molecule has 0 saturated carbocycles. The molecule has 0 unspecified atom stereocenters. The van der Waals surface area contributed by atoms with Gasteiger partial charge >= 0.3 is 5.97 Å². The summed E-state index contributed by atoms with van der Waals surface area (Å²) in [5, 5.41) is 0.350. The Kier molecular flexibility index (Phi) is 6.31. The van der Waals surface area contributed by atoms with Crippen LogP contribution in [0.1, 0.15) is 38.3 Å². The monoisotopic (exact) mass is 442 g/mol. The van der Waals surface area contributed by atoms with Crippen LogP contribution < -0.4 is 14.9 Å². The van der Waals surface area contributed by atoms with E-state index in [0.29, 0.717) is 28.9 Å². The minimum atomic E-state index is -0.348. The van der Waals surface area contributed by atoms with E-state index in [9.17, 15) is 9.59 Å². The smallest absolute Gasteiger partial charge is 0.311 e. The molecule has 0 aliphatic rings. The molecule has 5 heteroatoms. The maximum absolute atomic E-state index is 12.9. The SMILES string of the molecule is CC(C)(C)c1ccc(Oc2coc3cc(OC(=O)CCc4ccccc4)ccc3c2=O)cc1. The molecule has 5 nitrogen and oxygen atoms in total. The zero-order valence-corrected chi connectivity index (χ0v) is 19.0. The Hall–Kier alpha value is -3.86. The number of hydrogen-bond donors (Lipinski definition) is 0. The maximum Gasteiger partial charge on any atom is 0.311 e. The van der Waals surface area contributed by atoms with Crippen LogP contribution in [0.3, 0.4) is 0 Å². The van der Waals surface area contributed by atoms with Gasteiger partial charge in [0.2, 0.25) is 11.2 Å². The summed E-state index contributed by atoms with van der Waals surface area (Å²) in [6.07, 6.45) is 2.13. The van der Waals surface area contributed by atoms with Crippen molar-refractivity contribution < 1.29 is 18.7 Å². The first-order valence-electron chi connectivity index (χ1n) is 10.9. The van der Waals surface area contributed by atoms with Gasteiger partial charge in [-0.05, 0) is 47.2 Å². The van der Waals surface area contributed by atoms with Gasteiger partial charge in [-0.1, -0.05) is 63.2 Å². The largest absolute Gasteiger partial charge is 0.460 e. The fraction of sp³-hybridized carbons (Fsp3) is 0.214. The summed E-state index contributed by atoms with van der Waals surface area (Å²) in [5.74, 6) is 0.631. The lowest BCUT2D eigenvalue weighted by Gasteiger charge is -2.19. The number of rotatable bonds is 6. The van der Waals surface area contributed by atoms with Crippen molar-refractivity contribution in [1.82, 2.24) is 0 Å². The van der Waals surface area contributed by atoms with E-state index in [1.165, 1.54) is 11.8 Å². The third-order valence-electron chi connectivity index (χ3n) is 5.35. The van der Waals surface area contributed by atoms with Crippen LogP contribution in [0.2, 0.25) is 0 Å². The third-order valence-corrected chi connectivity index (χ3v) is 5.35. The van der Waals surface area contributed by atoms with E-state index in [1.54, 1.807) is 18.2 Å². The number of carbonyl (C=O) groups excluding carboxylic acids is 1. The summed E-state index contributed by atoms with van der Waals surface area (Å²) in [5.41, 5.74) is 2.30. The van der Waals surface area contributed by atoms with Crippen LogP contribution in [0.25, 0.3) is 11.0 Å². The molecule has 0 fully saturated rings. The molecule has 168 valence electrons. The van der Waals surface area contributed by atoms with E-state index >= 15 is 0 Å². The van der Waals surface area contributed by atoms with Gasteiger partial charge in [-0.3, -0.25) is 9.59 Å². The van der Waals surface area contributed by atoms with Crippen LogP contribution >= 0.6 is 0 Å². The zero-order chi connectivity index (χ0) is 23.4. The van der Waals surface area contributed by atoms with Gasteiger partial charge in [-0.25, -0.2) is 0 Å². The molecule has 0 N–H and O–H groups in total. The summed E-state index contributed by atoms with van der Waals surface area (Å²) in [6, 6.07) is 22.1. The van der Waals surface area contributed by atoms with Gasteiger partial charge < -0.3 is 13.9 Å². The first-order chi connectivity index (χ1) is 15.8. The first-order valence-corrected chi connectivity index (χ1v) is 10.9. The molecule has 0 spiro atoms. The normalized spacial score (nSPS) is 11.4. The lowest BCUT2D eigenvalue weighted by molar-refractivity contribution is -0.134. The lowest BCUT2D eigenvalue weighted by Crippen LogP contribution is -2.10. The summed E-state index contributed by atoms with van der Waals surface area (Å²) < 4.78 is 16.8. The Morgan fingerprint density at radius 2 is 1.61 bits per heavy atom. The second-order valence-electron chi connectivity index (χ2n) is 8.92. The molecule has 0 radical (unpaired) electrons. The second kappa shape index (κ2) is 9.33. The molecule has 0 saturated heterocycles. The van der Waals surface area contributed by atoms with E-state index in [-0.39, 0.29) is 29.0 Å². The predicted molar refractivity (Wildman–Crippen MR) is 128 cm³/mol. The molecule has 3 aromatic carbocycles. The van der Waals surface area contributed by atoms with E-state index in [0.717, 1.165) is 5.56 Å². The van der Waals surface area contributed by atoms with Gasteiger partial charge in [-0.2, -0.15) is 0 Å². The first kappa shape index (κ1) is 22.3. The van der Waals surface area contributed by atoms with Crippen LogP contribution in [-0.4, -0.2) is 5.97 Å². The highest BCUT2D eigenvalue weighted by Crippen LogP contribution is 2.27. The Labute approximate surface area is 192 Å². The molecule has 0 aliphatic heterocycles. The quantitative estimate of drug-likeness (QED) is 0.255. The van der Waals surface area contributed by atoms with Crippen molar-refractivity contribution in [1.29, 1.82) is 0 Å². The minimum Gasteiger partial charge on any atom is -0.460 e. The number of hydrogen-bond acceptors (Lipinski definition) is 5. The molecule has 0 atom stereocenters. The molecular weight excluding hydrogens is 416 g/mol. The maximum atomic E-state index is 12.9. The third kappa shape index (κ3) is 5.50. The molecular formula is C28H26O5. The average Bonchev–Trinajstić information content (AvgIpc) is 2.80. The van der Waals surface area contributed by atoms with Crippen LogP contribution in [-0.2, 0) is 16.6 Å². The van der Waals surface area contributed by atoms with Gasteiger partial charge in [0.1, 0.15) is 23.3 Å². The molecule has 0 bridgehead atoms. The minimum absolute atomic E-state index is 0.0310. The van der Waals surface area contributed by atoms with E-state index in [2.05, 4.69) is 20.8 Å². The summed E-state index contributed by atoms with van der Waals surface area (Å²) in [6.45, 7) is 6.40. The molecule has 0 amide bonds. The van der Waals surface area contributed by atoms with Crippen LogP contribution in [0.5, 0.6) is 17.2 Å². The van der Waals surface area contributed by atoms with Crippen LogP contribution in [0.15, 0.2) is 88.3 Å². The van der Waals surface area contributed by atoms with Crippen molar-refractivity contribution in [2.45, 2.75) is 39.0 Å². The van der Waals surface area contributed by atoms with Crippen molar-refractivity contribution in [2.24, 2.45) is 0 Å². The summed E-state index contributed by atoms with van der Waals surface area (Å²) in [7, 11) is 0. The van der Waals surface area contributed by atoms with Crippen LogP contribution in [0, 0.1) is 0 Å². The van der Waals surface area contributed by atoms with Gasteiger partial charge in [0, 0.05) is 12.5 Å². The molecule has 33 heavy (non-hydrogen) atoms. The Bertz CT molecular complexity index is 1310. The van der Waals surface area contributed by atoms with Gasteiger partial charge in [0.05, 0.1) is 5.39 Å². The van der Waals surface area contributed by atoms with Crippen LogP contribution in [0.4, 0.5) is 0 Å². The Morgan fingerprint density at radius 1 is 0.909 bits per heavy atom. The average molecular weight is 443 g/mol. The number of ether oxygens (including phenoxy) is 2. The lowest BCUT2D eigenvalue weighted by atomic mass is 9.87. The standard InChI is InChI=1S/C28H26O5/c1-28(2,3)20-10-12-21(13-11-20)32-25-18-31-24-17-22(14-15-23(24)27(25)30)33-26(29)16-9-19-7-5-4-6-8-19/h4-8,10-15,17-18H,9,16H2,1-3H3. The molecule has 4 rings (SSSR count). The Balaban J connectivity index is 1.46. The summed E-state index contributed by atoms with van der Waals surface area (Å²) in [4.78, 5) is 25.1. The van der Waals surface area contributed by atoms with E-state index < -0.39 is 0 Å².